The lowest BCUT2D eigenvalue weighted by Crippen LogP contribution is -2.17. The Bertz CT molecular complexity index is 464. The van der Waals surface area contributed by atoms with E-state index in [4.69, 9.17) is 5.73 Å². The van der Waals surface area contributed by atoms with Crippen molar-refractivity contribution in [1.82, 2.24) is 0 Å². The van der Waals surface area contributed by atoms with Gasteiger partial charge in [-0.1, -0.05) is 31.5 Å². The highest BCUT2D eigenvalue weighted by atomic mass is 16.1. The summed E-state index contributed by atoms with van der Waals surface area (Å²) >= 11 is 0. The van der Waals surface area contributed by atoms with Gasteiger partial charge in [0.05, 0.1) is 0 Å². The molecular formula is C18H27NO. The molecule has 0 aromatic heterocycles. The minimum absolute atomic E-state index is 0.155. The molecule has 2 atom stereocenters. The molecule has 1 aromatic rings. The normalized spacial score (nSPS) is 16.8. The Labute approximate surface area is 122 Å². The minimum atomic E-state index is 0.155. The standard InChI is InChI=1S/C18H27NO/c1-13(5-3-6-14(2)19)18(20)12-15-9-10-16-7-4-8-17(16)11-15/h9-11,13-14H,3-8,12,19H2,1-2H3. The number of fused-ring (bicyclic) bond motifs is 1. The second-order valence-corrected chi connectivity index (χ2v) is 6.41. The van der Waals surface area contributed by atoms with Gasteiger partial charge in [-0.05, 0) is 55.7 Å². The lowest BCUT2D eigenvalue weighted by molar-refractivity contribution is -0.121. The van der Waals surface area contributed by atoms with Crippen LogP contribution < -0.4 is 5.73 Å². The van der Waals surface area contributed by atoms with E-state index in [-0.39, 0.29) is 12.0 Å². The van der Waals surface area contributed by atoms with Crippen molar-refractivity contribution in [3.8, 4) is 0 Å². The van der Waals surface area contributed by atoms with E-state index in [9.17, 15) is 4.79 Å². The Morgan fingerprint density at radius 2 is 1.95 bits per heavy atom. The summed E-state index contributed by atoms with van der Waals surface area (Å²) in [6.45, 7) is 4.08. The molecule has 2 heteroatoms. The number of aryl methyl sites for hydroxylation is 2. The Balaban J connectivity index is 1.84. The first-order valence-electron chi connectivity index (χ1n) is 7.95. The first kappa shape index (κ1) is 15.2. The Morgan fingerprint density at radius 1 is 1.20 bits per heavy atom. The van der Waals surface area contributed by atoms with Gasteiger partial charge in [0.1, 0.15) is 5.78 Å². The summed E-state index contributed by atoms with van der Waals surface area (Å²) in [6, 6.07) is 6.84. The molecule has 1 aliphatic rings. The third-order valence-corrected chi connectivity index (χ3v) is 4.39. The zero-order valence-electron chi connectivity index (χ0n) is 12.8. The number of carbonyl (C=O) groups excluding carboxylic acids is 1. The van der Waals surface area contributed by atoms with E-state index < -0.39 is 0 Å². The lowest BCUT2D eigenvalue weighted by Gasteiger charge is -2.12. The summed E-state index contributed by atoms with van der Waals surface area (Å²) in [4.78, 5) is 12.3. The molecule has 0 spiro atoms. The van der Waals surface area contributed by atoms with Crippen molar-refractivity contribution < 1.29 is 4.79 Å². The molecule has 2 rings (SSSR count). The van der Waals surface area contributed by atoms with Crippen molar-refractivity contribution >= 4 is 5.78 Å². The first-order valence-corrected chi connectivity index (χ1v) is 7.95. The van der Waals surface area contributed by atoms with Crippen LogP contribution in [0.25, 0.3) is 0 Å². The van der Waals surface area contributed by atoms with Crippen LogP contribution in [0.5, 0.6) is 0 Å². The maximum absolute atomic E-state index is 12.3. The largest absolute Gasteiger partial charge is 0.328 e. The predicted molar refractivity (Wildman–Crippen MR) is 83.8 cm³/mol. The summed E-state index contributed by atoms with van der Waals surface area (Å²) < 4.78 is 0. The highest BCUT2D eigenvalue weighted by Gasteiger charge is 2.16. The molecule has 0 amide bonds. The van der Waals surface area contributed by atoms with Gasteiger partial charge >= 0.3 is 0 Å². The van der Waals surface area contributed by atoms with Crippen LogP contribution in [0.3, 0.4) is 0 Å². The molecule has 0 radical (unpaired) electrons. The smallest absolute Gasteiger partial charge is 0.140 e. The number of Topliss-reactive ketones (excluding diaryl/α,β-unsaturated/α-hetero) is 1. The summed E-state index contributed by atoms with van der Waals surface area (Å²) in [6.07, 6.45) is 7.27. The van der Waals surface area contributed by atoms with Crippen molar-refractivity contribution in [2.24, 2.45) is 11.7 Å². The number of hydrogen-bond acceptors (Lipinski definition) is 2. The zero-order valence-corrected chi connectivity index (χ0v) is 12.8. The van der Waals surface area contributed by atoms with Crippen LogP contribution in [-0.4, -0.2) is 11.8 Å². The summed E-state index contributed by atoms with van der Waals surface area (Å²) in [5, 5.41) is 0. The van der Waals surface area contributed by atoms with Crippen LogP contribution >= 0.6 is 0 Å². The van der Waals surface area contributed by atoms with Gasteiger partial charge in [0.2, 0.25) is 0 Å². The maximum atomic E-state index is 12.3. The molecule has 2 N–H and O–H groups in total. The Morgan fingerprint density at radius 3 is 2.70 bits per heavy atom. The van der Waals surface area contributed by atoms with Gasteiger partial charge in [-0.15, -0.1) is 0 Å². The molecule has 20 heavy (non-hydrogen) atoms. The second kappa shape index (κ2) is 7.03. The molecule has 110 valence electrons. The highest BCUT2D eigenvalue weighted by Crippen LogP contribution is 2.23. The van der Waals surface area contributed by atoms with Gasteiger partial charge in [0.25, 0.3) is 0 Å². The highest BCUT2D eigenvalue weighted by molar-refractivity contribution is 5.83. The van der Waals surface area contributed by atoms with E-state index in [1.807, 2.05) is 6.92 Å². The molecule has 1 aromatic carbocycles. The van der Waals surface area contributed by atoms with Crippen LogP contribution in [-0.2, 0) is 24.1 Å². The molecule has 0 saturated carbocycles. The van der Waals surface area contributed by atoms with E-state index in [2.05, 4.69) is 25.1 Å². The number of carbonyl (C=O) groups is 1. The zero-order chi connectivity index (χ0) is 14.5. The van der Waals surface area contributed by atoms with E-state index in [0.717, 1.165) is 19.3 Å². The number of nitrogens with two attached hydrogens (primary N) is 1. The number of hydrogen-bond donors (Lipinski definition) is 1. The SMILES string of the molecule is CC(N)CCCC(C)C(=O)Cc1ccc2c(c1)CCC2. The monoisotopic (exact) mass is 273 g/mol. The van der Waals surface area contributed by atoms with Gasteiger partial charge in [0, 0.05) is 18.4 Å². The molecule has 0 bridgehead atoms. The Hall–Kier alpha value is -1.15. The van der Waals surface area contributed by atoms with Crippen LogP contribution in [0.4, 0.5) is 0 Å². The predicted octanol–water partition coefficient (Wildman–Crippen LogP) is 3.44. The van der Waals surface area contributed by atoms with E-state index in [1.54, 1.807) is 0 Å². The van der Waals surface area contributed by atoms with Crippen molar-refractivity contribution in [1.29, 1.82) is 0 Å². The van der Waals surface area contributed by atoms with Crippen LogP contribution in [0.1, 0.15) is 56.2 Å². The number of rotatable bonds is 7. The van der Waals surface area contributed by atoms with Gasteiger partial charge in [-0.2, -0.15) is 0 Å². The molecular weight excluding hydrogens is 246 g/mol. The fourth-order valence-electron chi connectivity index (χ4n) is 3.02. The van der Waals surface area contributed by atoms with Gasteiger partial charge < -0.3 is 5.73 Å². The first-order chi connectivity index (χ1) is 9.56. The molecule has 0 aliphatic heterocycles. The molecule has 0 fully saturated rings. The van der Waals surface area contributed by atoms with E-state index >= 15 is 0 Å². The fraction of sp³-hybridized carbons (Fsp3) is 0.611. The molecule has 1 aliphatic carbocycles. The maximum Gasteiger partial charge on any atom is 0.140 e. The lowest BCUT2D eigenvalue weighted by atomic mass is 9.93. The average Bonchev–Trinajstić information content (AvgIpc) is 2.85. The van der Waals surface area contributed by atoms with Crippen molar-refractivity contribution in [2.75, 3.05) is 0 Å². The van der Waals surface area contributed by atoms with Crippen molar-refractivity contribution in [2.45, 2.75) is 64.8 Å². The minimum Gasteiger partial charge on any atom is -0.328 e. The summed E-state index contributed by atoms with van der Waals surface area (Å²) in [5.74, 6) is 0.523. The molecule has 2 nitrogen and oxygen atoms in total. The third kappa shape index (κ3) is 4.17. The molecule has 0 heterocycles. The summed E-state index contributed by atoms with van der Waals surface area (Å²) in [5.41, 5.74) is 9.87. The third-order valence-electron chi connectivity index (χ3n) is 4.39. The second-order valence-electron chi connectivity index (χ2n) is 6.41. The average molecular weight is 273 g/mol. The summed E-state index contributed by atoms with van der Waals surface area (Å²) in [7, 11) is 0. The fourth-order valence-corrected chi connectivity index (χ4v) is 3.02. The molecule has 0 saturated heterocycles. The Kier molecular flexibility index (Phi) is 5.36. The van der Waals surface area contributed by atoms with Gasteiger partial charge in [-0.3, -0.25) is 4.79 Å². The van der Waals surface area contributed by atoms with Crippen LogP contribution in [0, 0.1) is 5.92 Å². The van der Waals surface area contributed by atoms with Gasteiger partial charge in [0.15, 0.2) is 0 Å². The van der Waals surface area contributed by atoms with Gasteiger partial charge in [-0.25, -0.2) is 0 Å². The number of ketones is 1. The van der Waals surface area contributed by atoms with Crippen molar-refractivity contribution in [3.05, 3.63) is 34.9 Å². The van der Waals surface area contributed by atoms with Crippen LogP contribution in [0.15, 0.2) is 18.2 Å². The number of benzene rings is 1. The van der Waals surface area contributed by atoms with Crippen molar-refractivity contribution in [3.63, 3.8) is 0 Å². The van der Waals surface area contributed by atoms with Crippen LogP contribution in [0.2, 0.25) is 0 Å². The quantitative estimate of drug-likeness (QED) is 0.827. The van der Waals surface area contributed by atoms with E-state index in [0.29, 0.717) is 12.2 Å². The molecule has 2 unspecified atom stereocenters. The van der Waals surface area contributed by atoms with E-state index in [1.165, 1.54) is 36.0 Å². The topological polar surface area (TPSA) is 43.1 Å².